The molecular formula is C11H20N4O. The van der Waals surface area contributed by atoms with Crippen molar-refractivity contribution < 1.29 is 4.79 Å². The summed E-state index contributed by atoms with van der Waals surface area (Å²) in [6.07, 6.45) is 2.10. The quantitative estimate of drug-likeness (QED) is 0.850. The number of anilines is 1. The van der Waals surface area contributed by atoms with Gasteiger partial charge in [-0.1, -0.05) is 13.3 Å². The van der Waals surface area contributed by atoms with Crippen LogP contribution in [0.25, 0.3) is 0 Å². The molecule has 0 spiro atoms. The van der Waals surface area contributed by atoms with Crippen LogP contribution in [0.3, 0.4) is 0 Å². The molecule has 0 aliphatic rings. The Morgan fingerprint density at radius 3 is 2.81 bits per heavy atom. The average molecular weight is 224 g/mol. The van der Waals surface area contributed by atoms with Crippen molar-refractivity contribution in [2.75, 3.05) is 18.9 Å². The van der Waals surface area contributed by atoms with E-state index in [1.165, 1.54) is 0 Å². The Bertz CT molecular complexity index is 339. The highest BCUT2D eigenvalue weighted by atomic mass is 16.2. The molecule has 16 heavy (non-hydrogen) atoms. The number of urea groups is 1. The van der Waals surface area contributed by atoms with E-state index in [9.17, 15) is 4.79 Å². The van der Waals surface area contributed by atoms with E-state index in [4.69, 9.17) is 0 Å². The smallest absolute Gasteiger partial charge is 0.322 e. The van der Waals surface area contributed by atoms with Crippen molar-refractivity contribution in [1.29, 1.82) is 0 Å². The van der Waals surface area contributed by atoms with Crippen LogP contribution in [0.1, 0.15) is 25.5 Å². The Morgan fingerprint density at radius 1 is 1.62 bits per heavy atom. The van der Waals surface area contributed by atoms with Gasteiger partial charge in [0.25, 0.3) is 0 Å². The number of amides is 2. The highest BCUT2D eigenvalue weighted by Gasteiger charge is 2.10. The Balaban J connectivity index is 2.50. The zero-order chi connectivity index (χ0) is 12.1. The van der Waals surface area contributed by atoms with Crippen LogP contribution in [0.15, 0.2) is 6.07 Å². The van der Waals surface area contributed by atoms with Crippen molar-refractivity contribution >= 4 is 11.8 Å². The third-order valence-corrected chi connectivity index (χ3v) is 2.54. The van der Waals surface area contributed by atoms with Crippen LogP contribution in [0, 0.1) is 6.92 Å². The number of carbonyl (C=O) groups excluding carboxylic acids is 1. The Hall–Kier alpha value is -1.52. The van der Waals surface area contributed by atoms with E-state index in [0.717, 1.165) is 25.1 Å². The first-order valence-corrected chi connectivity index (χ1v) is 5.57. The van der Waals surface area contributed by atoms with E-state index in [0.29, 0.717) is 5.82 Å². The maximum Gasteiger partial charge on any atom is 0.322 e. The van der Waals surface area contributed by atoms with Gasteiger partial charge in [0.15, 0.2) is 5.82 Å². The van der Waals surface area contributed by atoms with Gasteiger partial charge in [0.1, 0.15) is 0 Å². The van der Waals surface area contributed by atoms with Crippen LogP contribution in [-0.4, -0.2) is 34.3 Å². The van der Waals surface area contributed by atoms with Crippen LogP contribution in [0.5, 0.6) is 0 Å². The Morgan fingerprint density at radius 2 is 2.31 bits per heavy atom. The third kappa shape index (κ3) is 3.25. The number of aromatic nitrogens is 2. The van der Waals surface area contributed by atoms with E-state index in [1.54, 1.807) is 16.6 Å². The van der Waals surface area contributed by atoms with Crippen LogP contribution < -0.4 is 5.32 Å². The number of nitrogens with one attached hydrogen (secondary N) is 1. The molecule has 1 heterocycles. The van der Waals surface area contributed by atoms with Gasteiger partial charge in [-0.15, -0.1) is 0 Å². The molecule has 5 nitrogen and oxygen atoms in total. The monoisotopic (exact) mass is 224 g/mol. The van der Waals surface area contributed by atoms with Gasteiger partial charge in [0.2, 0.25) is 0 Å². The second-order valence-corrected chi connectivity index (χ2v) is 4.00. The normalized spacial score (nSPS) is 10.2. The maximum atomic E-state index is 11.7. The standard InChI is InChI=1S/C11H20N4O/c1-5-6-7-14(3)11(16)12-10-8-9(2)15(4)13-10/h8H,5-7H2,1-4H3,(H,12,13,16). The summed E-state index contributed by atoms with van der Waals surface area (Å²) in [5.41, 5.74) is 1.02. The van der Waals surface area contributed by atoms with Crippen LogP contribution >= 0.6 is 0 Å². The summed E-state index contributed by atoms with van der Waals surface area (Å²) in [7, 11) is 3.65. The lowest BCUT2D eigenvalue weighted by molar-refractivity contribution is 0.221. The Labute approximate surface area is 96.4 Å². The first-order chi connectivity index (χ1) is 7.54. The minimum Gasteiger partial charge on any atom is -0.328 e. The van der Waals surface area contributed by atoms with E-state index in [2.05, 4.69) is 17.3 Å². The van der Waals surface area contributed by atoms with Crippen molar-refractivity contribution in [2.45, 2.75) is 26.7 Å². The van der Waals surface area contributed by atoms with Gasteiger partial charge in [0, 0.05) is 32.4 Å². The molecule has 0 saturated heterocycles. The van der Waals surface area contributed by atoms with E-state index in [1.807, 2.05) is 20.0 Å². The van der Waals surface area contributed by atoms with Gasteiger partial charge in [-0.2, -0.15) is 5.10 Å². The van der Waals surface area contributed by atoms with E-state index >= 15 is 0 Å². The lowest BCUT2D eigenvalue weighted by atomic mass is 10.3. The summed E-state index contributed by atoms with van der Waals surface area (Å²) in [5.74, 6) is 0.605. The summed E-state index contributed by atoms with van der Waals surface area (Å²) in [6.45, 7) is 4.82. The van der Waals surface area contributed by atoms with Crippen molar-refractivity contribution in [1.82, 2.24) is 14.7 Å². The van der Waals surface area contributed by atoms with Gasteiger partial charge >= 0.3 is 6.03 Å². The fourth-order valence-electron chi connectivity index (χ4n) is 1.32. The molecular weight excluding hydrogens is 204 g/mol. The van der Waals surface area contributed by atoms with Gasteiger partial charge in [0.05, 0.1) is 0 Å². The van der Waals surface area contributed by atoms with Crippen LogP contribution in [0.4, 0.5) is 10.6 Å². The van der Waals surface area contributed by atoms with Gasteiger partial charge in [-0.25, -0.2) is 4.79 Å². The molecule has 0 atom stereocenters. The topological polar surface area (TPSA) is 50.2 Å². The number of nitrogens with zero attached hydrogens (tertiary/aromatic N) is 3. The molecule has 0 bridgehead atoms. The summed E-state index contributed by atoms with van der Waals surface area (Å²) in [6, 6.07) is 1.75. The lowest BCUT2D eigenvalue weighted by Gasteiger charge is -2.16. The SMILES string of the molecule is CCCCN(C)C(=O)Nc1cc(C)n(C)n1. The maximum absolute atomic E-state index is 11.7. The van der Waals surface area contributed by atoms with Gasteiger partial charge in [-0.3, -0.25) is 10.00 Å². The second kappa shape index (κ2) is 5.53. The molecule has 1 aromatic heterocycles. The summed E-state index contributed by atoms with van der Waals surface area (Å²) < 4.78 is 1.74. The molecule has 90 valence electrons. The molecule has 0 saturated carbocycles. The first kappa shape index (κ1) is 12.5. The Kier molecular flexibility index (Phi) is 4.34. The van der Waals surface area contributed by atoms with Gasteiger partial charge < -0.3 is 4.90 Å². The molecule has 0 fully saturated rings. The fourth-order valence-corrected chi connectivity index (χ4v) is 1.32. The van der Waals surface area contributed by atoms with E-state index < -0.39 is 0 Å². The summed E-state index contributed by atoms with van der Waals surface area (Å²) in [4.78, 5) is 13.4. The minimum atomic E-state index is -0.105. The van der Waals surface area contributed by atoms with Crippen molar-refractivity contribution in [3.63, 3.8) is 0 Å². The van der Waals surface area contributed by atoms with Crippen molar-refractivity contribution in [3.8, 4) is 0 Å². The number of aryl methyl sites for hydroxylation is 2. The fraction of sp³-hybridized carbons (Fsp3) is 0.636. The zero-order valence-electron chi connectivity index (χ0n) is 10.4. The molecule has 0 aliphatic heterocycles. The van der Waals surface area contributed by atoms with Crippen molar-refractivity contribution in [2.24, 2.45) is 7.05 Å². The zero-order valence-corrected chi connectivity index (χ0v) is 10.4. The largest absolute Gasteiger partial charge is 0.328 e. The van der Waals surface area contributed by atoms with Crippen molar-refractivity contribution in [3.05, 3.63) is 11.8 Å². The molecule has 0 radical (unpaired) electrons. The van der Waals surface area contributed by atoms with Crippen LogP contribution in [-0.2, 0) is 7.05 Å². The molecule has 1 aromatic rings. The molecule has 1 N–H and O–H groups in total. The van der Waals surface area contributed by atoms with Gasteiger partial charge in [-0.05, 0) is 13.3 Å². The molecule has 1 rings (SSSR count). The predicted molar refractivity (Wildman–Crippen MR) is 64.5 cm³/mol. The average Bonchev–Trinajstić information content (AvgIpc) is 2.54. The highest BCUT2D eigenvalue weighted by molar-refractivity contribution is 5.88. The number of hydrogen-bond donors (Lipinski definition) is 1. The predicted octanol–water partition coefficient (Wildman–Crippen LogP) is 1.99. The first-order valence-electron chi connectivity index (χ1n) is 5.57. The van der Waals surface area contributed by atoms with E-state index in [-0.39, 0.29) is 6.03 Å². The number of rotatable bonds is 4. The molecule has 0 aromatic carbocycles. The summed E-state index contributed by atoms with van der Waals surface area (Å²) in [5, 5.41) is 6.94. The molecule has 0 unspecified atom stereocenters. The lowest BCUT2D eigenvalue weighted by Crippen LogP contribution is -2.32. The molecule has 2 amide bonds. The molecule has 5 heteroatoms. The molecule has 0 aliphatic carbocycles. The third-order valence-electron chi connectivity index (χ3n) is 2.54. The number of hydrogen-bond acceptors (Lipinski definition) is 2. The minimum absolute atomic E-state index is 0.105. The second-order valence-electron chi connectivity index (χ2n) is 4.00. The number of unbranched alkanes of at least 4 members (excludes halogenated alkanes) is 1. The number of carbonyl (C=O) groups is 1. The summed E-state index contributed by atoms with van der Waals surface area (Å²) >= 11 is 0. The highest BCUT2D eigenvalue weighted by Crippen LogP contribution is 2.07. The van der Waals surface area contributed by atoms with Crippen LogP contribution in [0.2, 0.25) is 0 Å².